The molecule has 2 aliphatic carbocycles. The summed E-state index contributed by atoms with van der Waals surface area (Å²) in [7, 11) is 0. The van der Waals surface area contributed by atoms with Crippen LogP contribution in [0.3, 0.4) is 0 Å². The van der Waals surface area contributed by atoms with E-state index in [1.807, 2.05) is 6.07 Å². The fourth-order valence-corrected chi connectivity index (χ4v) is 3.76. The Hall–Kier alpha value is -0.530. The second-order valence-corrected chi connectivity index (χ2v) is 5.78. The molecule has 1 fully saturated rings. The molecular weight excluding hydrogens is 218 g/mol. The van der Waals surface area contributed by atoms with Crippen LogP contribution in [0.2, 0.25) is 5.02 Å². The molecular formula is C14H18ClN. The number of hydrogen-bond acceptors (Lipinski definition) is 1. The van der Waals surface area contributed by atoms with E-state index in [-0.39, 0.29) is 0 Å². The second-order valence-electron chi connectivity index (χ2n) is 5.34. The quantitative estimate of drug-likeness (QED) is 0.833. The Bertz CT molecular complexity index is 409. The average Bonchev–Trinajstić information content (AvgIpc) is 2.53. The minimum atomic E-state index is 0.500. The molecule has 0 aliphatic heterocycles. The van der Waals surface area contributed by atoms with E-state index in [0.717, 1.165) is 18.0 Å². The van der Waals surface area contributed by atoms with E-state index < -0.39 is 0 Å². The smallest absolute Gasteiger partial charge is 0.0409 e. The van der Waals surface area contributed by atoms with Crippen molar-refractivity contribution >= 4 is 11.6 Å². The molecule has 16 heavy (non-hydrogen) atoms. The summed E-state index contributed by atoms with van der Waals surface area (Å²) in [5.41, 5.74) is 9.27. The van der Waals surface area contributed by atoms with Gasteiger partial charge in [-0.25, -0.2) is 0 Å². The Morgan fingerprint density at radius 2 is 2.19 bits per heavy atom. The molecule has 1 spiro atoms. The highest BCUT2D eigenvalue weighted by Gasteiger charge is 2.46. The van der Waals surface area contributed by atoms with Crippen molar-refractivity contribution in [2.45, 2.75) is 43.4 Å². The van der Waals surface area contributed by atoms with E-state index in [1.54, 1.807) is 5.56 Å². The highest BCUT2D eigenvalue weighted by Crippen LogP contribution is 2.57. The number of rotatable bonds is 2. The Labute approximate surface area is 102 Å². The average molecular weight is 236 g/mol. The third-order valence-corrected chi connectivity index (χ3v) is 4.72. The number of halogens is 1. The lowest BCUT2D eigenvalue weighted by Crippen LogP contribution is -2.31. The number of benzene rings is 1. The summed E-state index contributed by atoms with van der Waals surface area (Å²) in [6.45, 7) is 0.784. The lowest BCUT2D eigenvalue weighted by molar-refractivity contribution is 0.231. The maximum Gasteiger partial charge on any atom is 0.0409 e. The zero-order valence-corrected chi connectivity index (χ0v) is 10.3. The van der Waals surface area contributed by atoms with Crippen LogP contribution in [-0.4, -0.2) is 6.54 Å². The van der Waals surface area contributed by atoms with Gasteiger partial charge in [0, 0.05) is 5.02 Å². The summed E-state index contributed by atoms with van der Waals surface area (Å²) < 4.78 is 0. The lowest BCUT2D eigenvalue weighted by atomic mass is 9.65. The fourth-order valence-electron chi connectivity index (χ4n) is 3.58. The van der Waals surface area contributed by atoms with Crippen molar-refractivity contribution < 1.29 is 0 Å². The van der Waals surface area contributed by atoms with Gasteiger partial charge in [0.1, 0.15) is 0 Å². The van der Waals surface area contributed by atoms with Crippen molar-refractivity contribution in [3.05, 3.63) is 34.3 Å². The van der Waals surface area contributed by atoms with E-state index >= 15 is 0 Å². The van der Waals surface area contributed by atoms with Gasteiger partial charge in [-0.1, -0.05) is 24.1 Å². The first kappa shape index (κ1) is 10.6. The molecule has 1 aromatic carbocycles. The normalized spacial score (nSPS) is 25.5. The molecule has 86 valence electrons. The molecule has 2 heteroatoms. The van der Waals surface area contributed by atoms with Gasteiger partial charge in [0.05, 0.1) is 0 Å². The maximum absolute atomic E-state index is 6.11. The van der Waals surface area contributed by atoms with Crippen molar-refractivity contribution in [3.63, 3.8) is 0 Å². The van der Waals surface area contributed by atoms with Gasteiger partial charge in [0.15, 0.2) is 0 Å². The summed E-state index contributed by atoms with van der Waals surface area (Å²) in [6.07, 6.45) is 6.53. The van der Waals surface area contributed by atoms with Gasteiger partial charge in [0.2, 0.25) is 0 Å². The first-order chi connectivity index (χ1) is 7.75. The third kappa shape index (κ3) is 1.42. The molecule has 0 heterocycles. The largest absolute Gasteiger partial charge is 0.330 e. The van der Waals surface area contributed by atoms with E-state index in [1.165, 1.54) is 31.2 Å². The molecule has 1 atom stereocenters. The third-order valence-electron chi connectivity index (χ3n) is 4.49. The number of nitrogens with two attached hydrogens (primary N) is 1. The topological polar surface area (TPSA) is 26.0 Å². The Kier molecular flexibility index (Phi) is 2.49. The Morgan fingerprint density at radius 1 is 1.38 bits per heavy atom. The molecule has 0 saturated heterocycles. The van der Waals surface area contributed by atoms with E-state index in [2.05, 4.69) is 12.1 Å². The first-order valence-corrected chi connectivity index (χ1v) is 6.63. The van der Waals surface area contributed by atoms with Crippen LogP contribution >= 0.6 is 11.6 Å². The molecule has 3 rings (SSSR count). The van der Waals surface area contributed by atoms with Gasteiger partial charge in [-0.15, -0.1) is 0 Å². The van der Waals surface area contributed by atoms with Crippen molar-refractivity contribution in [1.82, 2.24) is 0 Å². The van der Waals surface area contributed by atoms with Crippen LogP contribution in [0.1, 0.15) is 49.1 Å². The molecule has 0 aromatic heterocycles. The van der Waals surface area contributed by atoms with Crippen LogP contribution < -0.4 is 5.73 Å². The summed E-state index contributed by atoms with van der Waals surface area (Å²) in [5.74, 6) is 0.652. The summed E-state index contributed by atoms with van der Waals surface area (Å²) in [4.78, 5) is 0. The van der Waals surface area contributed by atoms with Crippen LogP contribution in [0.15, 0.2) is 18.2 Å². The van der Waals surface area contributed by atoms with Gasteiger partial charge in [-0.3, -0.25) is 0 Å². The van der Waals surface area contributed by atoms with E-state index in [9.17, 15) is 0 Å². The zero-order chi connectivity index (χ0) is 11.2. The Morgan fingerprint density at radius 3 is 2.81 bits per heavy atom. The monoisotopic (exact) mass is 235 g/mol. The number of hydrogen-bond donors (Lipinski definition) is 1. The van der Waals surface area contributed by atoms with E-state index in [4.69, 9.17) is 17.3 Å². The molecule has 1 saturated carbocycles. The van der Waals surface area contributed by atoms with Crippen LogP contribution in [0.5, 0.6) is 0 Å². The standard InChI is InChI=1S/C14H18ClN/c15-11-2-3-13-12(8-11)10(4-7-16)9-14(13)5-1-6-14/h2-3,8,10H,1,4-7,9,16H2. The molecule has 2 N–H and O–H groups in total. The predicted octanol–water partition coefficient (Wildman–Crippen LogP) is 3.60. The highest BCUT2D eigenvalue weighted by atomic mass is 35.5. The van der Waals surface area contributed by atoms with Crippen molar-refractivity contribution in [1.29, 1.82) is 0 Å². The first-order valence-electron chi connectivity index (χ1n) is 6.25. The highest BCUT2D eigenvalue weighted by molar-refractivity contribution is 6.30. The number of fused-ring (bicyclic) bond motifs is 2. The molecule has 2 aliphatic rings. The SMILES string of the molecule is NCCC1CC2(CCC2)c2ccc(Cl)cc21. The molecule has 0 bridgehead atoms. The lowest BCUT2D eigenvalue weighted by Gasteiger charge is -2.39. The van der Waals surface area contributed by atoms with Crippen molar-refractivity contribution in [2.75, 3.05) is 6.54 Å². The molecule has 1 nitrogen and oxygen atoms in total. The maximum atomic E-state index is 6.11. The molecule has 0 radical (unpaired) electrons. The molecule has 0 amide bonds. The minimum Gasteiger partial charge on any atom is -0.330 e. The van der Waals surface area contributed by atoms with Gasteiger partial charge in [0.25, 0.3) is 0 Å². The van der Waals surface area contributed by atoms with Crippen LogP contribution in [-0.2, 0) is 5.41 Å². The van der Waals surface area contributed by atoms with Gasteiger partial charge in [-0.05, 0) is 66.8 Å². The summed E-state index contributed by atoms with van der Waals surface area (Å²) in [5, 5.41) is 0.872. The zero-order valence-electron chi connectivity index (χ0n) is 9.51. The van der Waals surface area contributed by atoms with Crippen molar-refractivity contribution in [2.24, 2.45) is 5.73 Å². The fraction of sp³-hybridized carbons (Fsp3) is 0.571. The minimum absolute atomic E-state index is 0.500. The van der Waals surface area contributed by atoms with Gasteiger partial charge < -0.3 is 5.73 Å². The van der Waals surface area contributed by atoms with Gasteiger partial charge in [-0.2, -0.15) is 0 Å². The van der Waals surface area contributed by atoms with Crippen LogP contribution in [0.4, 0.5) is 0 Å². The van der Waals surface area contributed by atoms with Gasteiger partial charge >= 0.3 is 0 Å². The summed E-state index contributed by atoms with van der Waals surface area (Å²) in [6, 6.07) is 6.48. The van der Waals surface area contributed by atoms with Crippen LogP contribution in [0, 0.1) is 0 Å². The molecule has 1 unspecified atom stereocenters. The predicted molar refractivity (Wildman–Crippen MR) is 68.0 cm³/mol. The van der Waals surface area contributed by atoms with Crippen LogP contribution in [0.25, 0.3) is 0 Å². The van der Waals surface area contributed by atoms with Crippen molar-refractivity contribution in [3.8, 4) is 0 Å². The second kappa shape index (κ2) is 3.75. The summed E-state index contributed by atoms with van der Waals surface area (Å²) >= 11 is 6.11. The van der Waals surface area contributed by atoms with E-state index in [0.29, 0.717) is 11.3 Å². The Balaban J connectivity index is 2.03. The molecule has 1 aromatic rings.